The molecule has 27 heavy (non-hydrogen) atoms. The zero-order chi connectivity index (χ0) is 19.5. The van der Waals surface area contributed by atoms with Crippen LogP contribution in [0.1, 0.15) is 45.8 Å². The summed E-state index contributed by atoms with van der Waals surface area (Å²) in [6, 6.07) is 0. The van der Waals surface area contributed by atoms with Gasteiger partial charge in [0, 0.05) is 11.9 Å². The van der Waals surface area contributed by atoms with Crippen LogP contribution in [0.4, 0.5) is 0 Å². The molecule has 9 heteroatoms. The number of hydrogen-bond acceptors (Lipinski definition) is 5. The fraction of sp³-hybridized carbons (Fsp3) is 0.444. The fourth-order valence-electron chi connectivity index (χ4n) is 3.66. The number of fused-ring (bicyclic) bond motifs is 3. The minimum Gasteiger partial charge on any atom is -0.267 e. The lowest BCUT2D eigenvalue weighted by Gasteiger charge is -2.17. The largest absolute Gasteiger partial charge is 0.289 e. The van der Waals surface area contributed by atoms with Gasteiger partial charge in [-0.1, -0.05) is 6.92 Å². The third-order valence-corrected chi connectivity index (χ3v) is 7.17. The number of thiophene rings is 1. The third kappa shape index (κ3) is 2.93. The second kappa shape index (κ2) is 6.56. The van der Waals surface area contributed by atoms with E-state index in [1.165, 1.54) is 14.2 Å². The van der Waals surface area contributed by atoms with Crippen LogP contribution in [0.5, 0.6) is 0 Å². The molecule has 1 aliphatic rings. The van der Waals surface area contributed by atoms with Crippen LogP contribution in [-0.4, -0.2) is 25.3 Å². The van der Waals surface area contributed by atoms with Gasteiger partial charge < -0.3 is 0 Å². The van der Waals surface area contributed by atoms with Crippen molar-refractivity contribution in [2.24, 2.45) is 13.0 Å². The molecule has 0 fully saturated rings. The van der Waals surface area contributed by atoms with Crippen LogP contribution in [0.15, 0.2) is 9.27 Å². The van der Waals surface area contributed by atoms with E-state index in [0.29, 0.717) is 33.0 Å². The predicted octanol–water partition coefficient (Wildman–Crippen LogP) is 3.08. The maximum absolute atomic E-state index is 13.2. The number of halogens is 1. The van der Waals surface area contributed by atoms with E-state index in [4.69, 9.17) is 0 Å². The smallest absolute Gasteiger partial charge is 0.267 e. The fourth-order valence-corrected chi connectivity index (χ4v) is 5.59. The second-order valence-corrected chi connectivity index (χ2v) is 9.02. The number of amides is 1. The summed E-state index contributed by atoms with van der Waals surface area (Å²) in [6.45, 7) is 5.77. The lowest BCUT2D eigenvalue weighted by atomic mass is 9.89. The van der Waals surface area contributed by atoms with Gasteiger partial charge in [-0.25, -0.2) is 9.66 Å². The van der Waals surface area contributed by atoms with Gasteiger partial charge in [0.05, 0.1) is 15.6 Å². The first-order chi connectivity index (χ1) is 12.8. The Labute approximate surface area is 168 Å². The number of nitrogens with zero attached hydrogens (tertiary/aromatic N) is 4. The monoisotopic (exact) mass is 449 g/mol. The highest BCUT2D eigenvalue weighted by Crippen LogP contribution is 2.35. The van der Waals surface area contributed by atoms with Crippen molar-refractivity contribution in [1.82, 2.24) is 19.4 Å². The van der Waals surface area contributed by atoms with Crippen molar-refractivity contribution in [3.63, 3.8) is 0 Å². The van der Waals surface area contributed by atoms with Crippen LogP contribution in [0, 0.1) is 19.8 Å². The molecule has 0 aromatic carbocycles. The molecule has 1 amide bonds. The summed E-state index contributed by atoms with van der Waals surface area (Å²) in [4.78, 5) is 32.6. The van der Waals surface area contributed by atoms with E-state index in [2.05, 4.69) is 38.4 Å². The zero-order valence-electron chi connectivity index (χ0n) is 15.6. The van der Waals surface area contributed by atoms with E-state index < -0.39 is 5.91 Å². The van der Waals surface area contributed by atoms with Crippen molar-refractivity contribution in [1.29, 1.82) is 0 Å². The molecule has 0 saturated heterocycles. The summed E-state index contributed by atoms with van der Waals surface area (Å²) in [6.07, 6.45) is 2.94. The molecule has 142 valence electrons. The first kappa shape index (κ1) is 18.4. The Kier molecular flexibility index (Phi) is 4.46. The third-order valence-electron chi connectivity index (χ3n) is 5.07. The average molecular weight is 450 g/mol. The van der Waals surface area contributed by atoms with Gasteiger partial charge in [-0.05, 0) is 60.5 Å². The number of carbonyl (C=O) groups is 1. The van der Waals surface area contributed by atoms with Crippen molar-refractivity contribution >= 4 is 43.4 Å². The molecule has 4 rings (SSSR count). The van der Waals surface area contributed by atoms with Crippen LogP contribution in [-0.2, 0) is 19.9 Å². The van der Waals surface area contributed by atoms with Gasteiger partial charge in [0.15, 0.2) is 0 Å². The normalized spacial score (nSPS) is 16.6. The summed E-state index contributed by atoms with van der Waals surface area (Å²) in [5.74, 6) is 0.676. The summed E-state index contributed by atoms with van der Waals surface area (Å²) in [5.41, 5.74) is 4.66. The van der Waals surface area contributed by atoms with Crippen molar-refractivity contribution in [3.05, 3.63) is 42.5 Å². The molecule has 0 radical (unpaired) electrons. The van der Waals surface area contributed by atoms with Crippen molar-refractivity contribution in [2.45, 2.75) is 40.0 Å². The minimum atomic E-state index is -0.408. The van der Waals surface area contributed by atoms with Gasteiger partial charge in [-0.3, -0.25) is 19.7 Å². The van der Waals surface area contributed by atoms with Gasteiger partial charge in [0.25, 0.3) is 11.5 Å². The molecule has 3 heterocycles. The number of rotatable bonds is 2. The Morgan fingerprint density at radius 1 is 1.37 bits per heavy atom. The van der Waals surface area contributed by atoms with E-state index >= 15 is 0 Å². The highest BCUT2D eigenvalue weighted by Gasteiger charge is 2.25. The van der Waals surface area contributed by atoms with Crippen molar-refractivity contribution in [3.8, 4) is 0 Å². The van der Waals surface area contributed by atoms with Gasteiger partial charge in [0.2, 0.25) is 0 Å². The van der Waals surface area contributed by atoms with Crippen LogP contribution >= 0.6 is 27.3 Å². The maximum Gasteiger partial charge on any atom is 0.289 e. The van der Waals surface area contributed by atoms with E-state index in [1.807, 2.05) is 6.92 Å². The van der Waals surface area contributed by atoms with Crippen molar-refractivity contribution in [2.75, 3.05) is 5.43 Å². The average Bonchev–Trinajstić information content (AvgIpc) is 3.07. The Morgan fingerprint density at radius 2 is 2.11 bits per heavy atom. The lowest BCUT2D eigenvalue weighted by molar-refractivity contribution is 0.0996. The summed E-state index contributed by atoms with van der Waals surface area (Å²) < 4.78 is 3.36. The number of aryl methyl sites for hydroxylation is 4. The number of hydrogen-bond donors (Lipinski definition) is 1. The molecule has 0 saturated carbocycles. The minimum absolute atomic E-state index is 0.215. The maximum atomic E-state index is 13.2. The summed E-state index contributed by atoms with van der Waals surface area (Å²) in [7, 11) is 1.69. The van der Waals surface area contributed by atoms with Crippen LogP contribution < -0.4 is 11.0 Å². The van der Waals surface area contributed by atoms with Gasteiger partial charge in [-0.2, -0.15) is 5.10 Å². The number of nitrogens with one attached hydrogen (secondary N) is 1. The molecular formula is C18H20BrN5O2S. The van der Waals surface area contributed by atoms with Crippen LogP contribution in [0.2, 0.25) is 0 Å². The second-order valence-electron chi connectivity index (χ2n) is 7.14. The van der Waals surface area contributed by atoms with Gasteiger partial charge in [-0.15, -0.1) is 11.3 Å². The molecule has 1 N–H and O–H groups in total. The molecule has 1 unspecified atom stereocenters. The quantitative estimate of drug-likeness (QED) is 0.651. The Morgan fingerprint density at radius 3 is 2.78 bits per heavy atom. The van der Waals surface area contributed by atoms with E-state index in [-0.39, 0.29) is 5.56 Å². The van der Waals surface area contributed by atoms with Crippen LogP contribution in [0.3, 0.4) is 0 Å². The molecular weight excluding hydrogens is 430 g/mol. The first-order valence-electron chi connectivity index (χ1n) is 8.82. The highest BCUT2D eigenvalue weighted by molar-refractivity contribution is 9.10. The van der Waals surface area contributed by atoms with Gasteiger partial charge >= 0.3 is 0 Å². The number of carbonyl (C=O) groups excluding carboxylic acids is 1. The molecule has 1 aliphatic carbocycles. The summed E-state index contributed by atoms with van der Waals surface area (Å²) >= 11 is 5.00. The lowest BCUT2D eigenvalue weighted by Crippen LogP contribution is -2.36. The van der Waals surface area contributed by atoms with E-state index in [9.17, 15) is 9.59 Å². The molecule has 3 aromatic rings. The topological polar surface area (TPSA) is 81.8 Å². The SMILES string of the molecule is Cc1nn(C)c(C(=O)Nn2c(C)nc3sc4c(c3c2=O)CCC(C)C4)c1Br. The molecule has 0 spiro atoms. The van der Waals surface area contributed by atoms with Crippen LogP contribution in [0.25, 0.3) is 10.2 Å². The molecule has 0 aliphatic heterocycles. The standard InChI is InChI=1S/C18H20BrN5O2S/c1-8-5-6-11-12(7-8)27-17-13(11)18(26)24(10(3)20-17)22-16(25)15-14(19)9(2)21-23(15)4/h8H,5-7H2,1-4H3,(H,22,25). The molecule has 7 nitrogen and oxygen atoms in total. The first-order valence-corrected chi connectivity index (χ1v) is 10.4. The molecule has 0 bridgehead atoms. The zero-order valence-corrected chi connectivity index (χ0v) is 18.0. The Balaban J connectivity index is 1.80. The van der Waals surface area contributed by atoms with Crippen molar-refractivity contribution < 1.29 is 4.79 Å². The summed E-state index contributed by atoms with van der Waals surface area (Å²) in [5, 5.41) is 4.88. The van der Waals surface area contributed by atoms with Gasteiger partial charge in [0.1, 0.15) is 16.3 Å². The Hall–Kier alpha value is -2.00. The predicted molar refractivity (Wildman–Crippen MR) is 109 cm³/mol. The highest BCUT2D eigenvalue weighted by atomic mass is 79.9. The Bertz CT molecular complexity index is 1140. The van der Waals surface area contributed by atoms with E-state index in [0.717, 1.165) is 29.7 Å². The molecule has 1 atom stereocenters. The number of aromatic nitrogens is 4. The molecule has 3 aromatic heterocycles. The van der Waals surface area contributed by atoms with E-state index in [1.54, 1.807) is 25.3 Å².